The molecule has 0 N–H and O–H groups in total. The lowest BCUT2D eigenvalue weighted by Crippen LogP contribution is -2.28. The number of esters is 1. The molecule has 0 radical (unpaired) electrons. The smallest absolute Gasteiger partial charge is 0.340 e. The Morgan fingerprint density at radius 3 is 2.33 bits per heavy atom. The fourth-order valence-electron chi connectivity index (χ4n) is 3.27. The van der Waals surface area contributed by atoms with Gasteiger partial charge >= 0.3 is 5.97 Å². The number of nitrogens with zero attached hydrogens (tertiary/aromatic N) is 1. The molecule has 3 rings (SSSR count). The SMILES string of the molecule is COC(=O)C1=C(C)N(C(C)c2ccccc2)C(=O)/C1=C\c1ccc(Br)cc1. The molecule has 2 aromatic rings. The molecule has 0 aliphatic carbocycles. The van der Waals surface area contributed by atoms with E-state index >= 15 is 0 Å². The molecule has 138 valence electrons. The van der Waals surface area contributed by atoms with Crippen LogP contribution in [-0.4, -0.2) is 23.9 Å². The van der Waals surface area contributed by atoms with Crippen molar-refractivity contribution in [3.05, 3.63) is 87.0 Å². The lowest BCUT2D eigenvalue weighted by atomic mass is 10.0. The van der Waals surface area contributed by atoms with Crippen molar-refractivity contribution < 1.29 is 14.3 Å². The van der Waals surface area contributed by atoms with E-state index in [1.54, 1.807) is 17.9 Å². The first-order valence-corrected chi connectivity index (χ1v) is 9.38. The quantitative estimate of drug-likeness (QED) is 0.517. The van der Waals surface area contributed by atoms with Gasteiger partial charge in [-0.2, -0.15) is 0 Å². The van der Waals surface area contributed by atoms with Gasteiger partial charge in [-0.15, -0.1) is 0 Å². The van der Waals surface area contributed by atoms with Crippen molar-refractivity contribution in [1.29, 1.82) is 0 Å². The standard InChI is InChI=1S/C22H20BrNO3/c1-14(17-7-5-4-6-8-17)24-15(2)20(22(26)27-3)19(21(24)25)13-16-9-11-18(23)12-10-16/h4-14H,1-3H3/b19-13-. The van der Waals surface area contributed by atoms with Crippen LogP contribution in [0, 0.1) is 0 Å². The van der Waals surface area contributed by atoms with Crippen molar-refractivity contribution >= 4 is 33.9 Å². The molecule has 0 saturated carbocycles. The van der Waals surface area contributed by atoms with Gasteiger partial charge in [-0.25, -0.2) is 4.79 Å². The van der Waals surface area contributed by atoms with E-state index in [9.17, 15) is 9.59 Å². The van der Waals surface area contributed by atoms with Gasteiger partial charge in [-0.1, -0.05) is 58.4 Å². The van der Waals surface area contributed by atoms with Gasteiger partial charge in [0.15, 0.2) is 0 Å². The van der Waals surface area contributed by atoms with E-state index < -0.39 is 5.97 Å². The van der Waals surface area contributed by atoms with E-state index in [0.29, 0.717) is 16.8 Å². The summed E-state index contributed by atoms with van der Waals surface area (Å²) in [6.07, 6.45) is 1.74. The molecule has 0 aromatic heterocycles. The van der Waals surface area contributed by atoms with Crippen LogP contribution in [0.25, 0.3) is 6.08 Å². The van der Waals surface area contributed by atoms with Gasteiger partial charge in [0.2, 0.25) is 0 Å². The third kappa shape index (κ3) is 3.74. The Morgan fingerprint density at radius 2 is 1.74 bits per heavy atom. The Balaban J connectivity index is 2.08. The summed E-state index contributed by atoms with van der Waals surface area (Å²) in [4.78, 5) is 27.3. The number of amides is 1. The third-order valence-corrected chi connectivity index (χ3v) is 5.21. The minimum Gasteiger partial charge on any atom is -0.465 e. The van der Waals surface area contributed by atoms with Crippen LogP contribution in [-0.2, 0) is 14.3 Å². The summed E-state index contributed by atoms with van der Waals surface area (Å²) in [5.74, 6) is -0.709. The lowest BCUT2D eigenvalue weighted by molar-refractivity contribution is -0.136. The summed E-state index contributed by atoms with van der Waals surface area (Å²) in [5, 5.41) is 0. The predicted molar refractivity (Wildman–Crippen MR) is 109 cm³/mol. The number of methoxy groups -OCH3 is 1. The van der Waals surface area contributed by atoms with Crippen LogP contribution in [0.3, 0.4) is 0 Å². The summed E-state index contributed by atoms with van der Waals surface area (Å²) in [7, 11) is 1.33. The van der Waals surface area contributed by atoms with Crippen LogP contribution < -0.4 is 0 Å². The first-order valence-electron chi connectivity index (χ1n) is 8.59. The summed E-state index contributed by atoms with van der Waals surface area (Å²) in [6.45, 7) is 3.74. The first-order chi connectivity index (χ1) is 12.9. The average molecular weight is 426 g/mol. The number of carbonyl (C=O) groups excluding carboxylic acids is 2. The highest BCUT2D eigenvalue weighted by molar-refractivity contribution is 9.10. The van der Waals surface area contributed by atoms with Crippen LogP contribution in [0.1, 0.15) is 31.0 Å². The van der Waals surface area contributed by atoms with Crippen LogP contribution >= 0.6 is 15.9 Å². The van der Waals surface area contributed by atoms with Crippen molar-refractivity contribution in [1.82, 2.24) is 4.90 Å². The van der Waals surface area contributed by atoms with Crippen molar-refractivity contribution in [2.45, 2.75) is 19.9 Å². The fraction of sp³-hybridized carbons (Fsp3) is 0.182. The number of hydrogen-bond donors (Lipinski definition) is 0. The monoisotopic (exact) mass is 425 g/mol. The van der Waals surface area contributed by atoms with Crippen LogP contribution in [0.4, 0.5) is 0 Å². The molecule has 0 spiro atoms. The topological polar surface area (TPSA) is 46.6 Å². The molecule has 1 aliphatic rings. The zero-order valence-electron chi connectivity index (χ0n) is 15.4. The summed E-state index contributed by atoms with van der Waals surface area (Å²) in [5.41, 5.74) is 3.11. The highest BCUT2D eigenvalue weighted by atomic mass is 79.9. The van der Waals surface area contributed by atoms with Gasteiger partial charge in [0, 0.05) is 10.2 Å². The second-order valence-electron chi connectivity index (χ2n) is 6.32. The molecule has 1 unspecified atom stereocenters. The van der Waals surface area contributed by atoms with E-state index in [2.05, 4.69) is 15.9 Å². The summed E-state index contributed by atoms with van der Waals surface area (Å²) < 4.78 is 5.90. The van der Waals surface area contributed by atoms with Crippen LogP contribution in [0.15, 0.2) is 75.9 Å². The minimum absolute atomic E-state index is 0.200. The number of rotatable bonds is 4. The van der Waals surface area contributed by atoms with Crippen molar-refractivity contribution in [3.63, 3.8) is 0 Å². The van der Waals surface area contributed by atoms with Crippen molar-refractivity contribution in [2.75, 3.05) is 7.11 Å². The Kier molecular flexibility index (Phi) is 5.61. The number of halogens is 1. The summed E-state index contributed by atoms with van der Waals surface area (Å²) >= 11 is 3.40. The molecule has 0 bridgehead atoms. The van der Waals surface area contributed by atoms with Gasteiger partial charge in [-0.3, -0.25) is 4.79 Å². The maximum atomic E-state index is 13.2. The zero-order chi connectivity index (χ0) is 19.6. The Morgan fingerprint density at radius 1 is 1.11 bits per heavy atom. The molecule has 1 atom stereocenters. The molecule has 0 fully saturated rings. The molecule has 2 aromatic carbocycles. The number of hydrogen-bond acceptors (Lipinski definition) is 3. The summed E-state index contributed by atoms with van der Waals surface area (Å²) in [6, 6.07) is 17.1. The van der Waals surface area contributed by atoms with E-state index in [1.807, 2.05) is 61.5 Å². The van der Waals surface area contributed by atoms with E-state index in [0.717, 1.165) is 15.6 Å². The third-order valence-electron chi connectivity index (χ3n) is 4.68. The van der Waals surface area contributed by atoms with Gasteiger partial charge in [0.25, 0.3) is 5.91 Å². The molecule has 4 nitrogen and oxygen atoms in total. The molecule has 0 saturated heterocycles. The number of carbonyl (C=O) groups is 2. The largest absolute Gasteiger partial charge is 0.465 e. The molecular weight excluding hydrogens is 406 g/mol. The molecule has 1 aliphatic heterocycles. The normalized spacial score (nSPS) is 16.8. The fourth-order valence-corrected chi connectivity index (χ4v) is 3.53. The number of allylic oxidation sites excluding steroid dienone is 1. The first kappa shape index (κ1) is 19.1. The zero-order valence-corrected chi connectivity index (χ0v) is 17.0. The lowest BCUT2D eigenvalue weighted by Gasteiger charge is -2.26. The molecular formula is C22H20BrNO3. The van der Waals surface area contributed by atoms with Crippen molar-refractivity contribution in [3.8, 4) is 0 Å². The van der Waals surface area contributed by atoms with E-state index in [-0.39, 0.29) is 11.9 Å². The maximum absolute atomic E-state index is 13.2. The molecule has 1 amide bonds. The number of ether oxygens (including phenoxy) is 1. The van der Waals surface area contributed by atoms with E-state index in [1.165, 1.54) is 7.11 Å². The van der Waals surface area contributed by atoms with Crippen molar-refractivity contribution in [2.24, 2.45) is 0 Å². The van der Waals surface area contributed by atoms with E-state index in [4.69, 9.17) is 4.74 Å². The van der Waals surface area contributed by atoms with Gasteiger partial charge < -0.3 is 9.64 Å². The highest BCUT2D eigenvalue weighted by Crippen LogP contribution is 2.37. The Hall–Kier alpha value is -2.66. The predicted octanol–water partition coefficient (Wildman–Crippen LogP) is 4.88. The Labute approximate surface area is 167 Å². The van der Waals surface area contributed by atoms with Crippen LogP contribution in [0.5, 0.6) is 0 Å². The average Bonchev–Trinajstić information content (AvgIpc) is 2.93. The van der Waals surface area contributed by atoms with Gasteiger partial charge in [0.05, 0.1) is 24.3 Å². The highest BCUT2D eigenvalue weighted by Gasteiger charge is 2.39. The number of benzene rings is 2. The Bertz CT molecular complexity index is 930. The maximum Gasteiger partial charge on any atom is 0.340 e. The van der Waals surface area contributed by atoms with Gasteiger partial charge in [-0.05, 0) is 43.2 Å². The van der Waals surface area contributed by atoms with Gasteiger partial charge in [0.1, 0.15) is 0 Å². The molecule has 5 heteroatoms. The van der Waals surface area contributed by atoms with Crippen LogP contribution in [0.2, 0.25) is 0 Å². The molecule has 27 heavy (non-hydrogen) atoms. The second-order valence-corrected chi connectivity index (χ2v) is 7.24. The molecule has 1 heterocycles. The second kappa shape index (κ2) is 7.92. The minimum atomic E-state index is -0.507.